The van der Waals surface area contributed by atoms with Crippen LogP contribution >= 0.6 is 11.3 Å². The molecule has 1 aliphatic rings. The Morgan fingerprint density at radius 1 is 1.41 bits per heavy atom. The van der Waals surface area contributed by atoms with Gasteiger partial charge in [-0.1, -0.05) is 0 Å². The first-order valence-electron chi connectivity index (χ1n) is 7.33. The number of aryl methyl sites for hydroxylation is 1. The minimum atomic E-state index is -0.140. The van der Waals surface area contributed by atoms with Crippen LogP contribution in [0.5, 0.6) is 0 Å². The third-order valence-corrected chi connectivity index (χ3v) is 4.36. The van der Waals surface area contributed by atoms with E-state index in [0.717, 1.165) is 43.6 Å². The molecule has 0 spiro atoms. The maximum absolute atomic E-state index is 12.1. The van der Waals surface area contributed by atoms with E-state index in [1.165, 1.54) is 11.3 Å². The third-order valence-electron chi connectivity index (χ3n) is 3.51. The van der Waals surface area contributed by atoms with Crippen molar-refractivity contribution in [1.82, 2.24) is 15.2 Å². The van der Waals surface area contributed by atoms with Gasteiger partial charge in [0.2, 0.25) is 0 Å². The molecular weight excluding hydrogens is 302 g/mol. The van der Waals surface area contributed by atoms with Crippen LogP contribution in [0.15, 0.2) is 21.9 Å². The number of thiazole rings is 1. The fourth-order valence-electron chi connectivity index (χ4n) is 2.28. The first kappa shape index (κ1) is 15.2. The smallest absolute Gasteiger partial charge is 0.270 e. The highest BCUT2D eigenvalue weighted by atomic mass is 32.1. The van der Waals surface area contributed by atoms with E-state index >= 15 is 0 Å². The summed E-state index contributed by atoms with van der Waals surface area (Å²) < 4.78 is 10.8. The molecule has 2 aromatic rings. The van der Waals surface area contributed by atoms with Gasteiger partial charge in [-0.2, -0.15) is 0 Å². The number of amides is 1. The predicted octanol–water partition coefficient (Wildman–Crippen LogP) is 1.77. The van der Waals surface area contributed by atoms with Crippen LogP contribution in [0.3, 0.4) is 0 Å². The molecule has 3 heterocycles. The van der Waals surface area contributed by atoms with Crippen molar-refractivity contribution in [3.8, 4) is 10.8 Å². The summed E-state index contributed by atoms with van der Waals surface area (Å²) in [6.07, 6.45) is 0. The van der Waals surface area contributed by atoms with E-state index < -0.39 is 0 Å². The molecule has 1 aliphatic heterocycles. The maximum Gasteiger partial charge on any atom is 0.270 e. The fourth-order valence-corrected chi connectivity index (χ4v) is 3.04. The quantitative estimate of drug-likeness (QED) is 0.909. The monoisotopic (exact) mass is 321 g/mol. The summed E-state index contributed by atoms with van der Waals surface area (Å²) in [5.41, 5.74) is 0.441. The molecule has 0 saturated carbocycles. The Bertz CT molecular complexity index is 632. The molecule has 22 heavy (non-hydrogen) atoms. The van der Waals surface area contributed by atoms with Crippen LogP contribution in [-0.4, -0.2) is 55.2 Å². The zero-order chi connectivity index (χ0) is 15.4. The zero-order valence-electron chi connectivity index (χ0n) is 12.5. The number of nitrogens with one attached hydrogen (secondary N) is 1. The number of furan rings is 1. The lowest BCUT2D eigenvalue weighted by Gasteiger charge is -2.26. The molecular formula is C15H19N3O3S. The Morgan fingerprint density at radius 3 is 2.95 bits per heavy atom. The first-order valence-corrected chi connectivity index (χ1v) is 8.21. The minimum Gasteiger partial charge on any atom is -0.459 e. The molecule has 0 aliphatic carbocycles. The van der Waals surface area contributed by atoms with Crippen LogP contribution in [0.25, 0.3) is 10.8 Å². The molecule has 1 N–H and O–H groups in total. The van der Waals surface area contributed by atoms with E-state index in [4.69, 9.17) is 9.15 Å². The number of aromatic nitrogens is 1. The summed E-state index contributed by atoms with van der Waals surface area (Å²) >= 11 is 1.41. The van der Waals surface area contributed by atoms with E-state index in [0.29, 0.717) is 18.0 Å². The fraction of sp³-hybridized carbons (Fsp3) is 0.467. The number of hydrogen-bond donors (Lipinski definition) is 1. The number of carbonyl (C=O) groups is 1. The molecule has 0 unspecified atom stereocenters. The van der Waals surface area contributed by atoms with Crippen molar-refractivity contribution in [2.75, 3.05) is 39.4 Å². The van der Waals surface area contributed by atoms with Gasteiger partial charge in [0.1, 0.15) is 11.5 Å². The minimum absolute atomic E-state index is 0.140. The number of nitrogens with zero attached hydrogens (tertiary/aromatic N) is 2. The van der Waals surface area contributed by atoms with Gasteiger partial charge in [0, 0.05) is 31.6 Å². The van der Waals surface area contributed by atoms with Gasteiger partial charge in [-0.05, 0) is 19.1 Å². The lowest BCUT2D eigenvalue weighted by atomic mass is 10.4. The average molecular weight is 321 g/mol. The largest absolute Gasteiger partial charge is 0.459 e. The Kier molecular flexibility index (Phi) is 4.87. The average Bonchev–Trinajstić information content (AvgIpc) is 3.17. The SMILES string of the molecule is Cc1ccc(-c2nc(C(=O)NCCN3CCOCC3)cs2)o1. The van der Waals surface area contributed by atoms with Crippen LogP contribution in [0.2, 0.25) is 0 Å². The van der Waals surface area contributed by atoms with Gasteiger partial charge in [0.15, 0.2) is 10.8 Å². The maximum atomic E-state index is 12.1. The summed E-state index contributed by atoms with van der Waals surface area (Å²) in [7, 11) is 0. The Morgan fingerprint density at radius 2 is 2.23 bits per heavy atom. The van der Waals surface area contributed by atoms with Crippen molar-refractivity contribution < 1.29 is 13.9 Å². The number of rotatable bonds is 5. The molecule has 1 amide bonds. The van der Waals surface area contributed by atoms with Crippen molar-refractivity contribution in [3.63, 3.8) is 0 Å². The third kappa shape index (κ3) is 3.73. The van der Waals surface area contributed by atoms with Crippen molar-refractivity contribution in [1.29, 1.82) is 0 Å². The molecule has 118 valence electrons. The first-order chi connectivity index (χ1) is 10.7. The van der Waals surface area contributed by atoms with Gasteiger partial charge in [0.05, 0.1) is 13.2 Å². The standard InChI is InChI=1S/C15H19N3O3S/c1-11-2-3-13(21-11)15-17-12(10-22-15)14(19)16-4-5-18-6-8-20-9-7-18/h2-3,10H,4-9H2,1H3,(H,16,19). The van der Waals surface area contributed by atoms with Crippen molar-refractivity contribution in [2.45, 2.75) is 6.92 Å². The molecule has 7 heteroatoms. The highest BCUT2D eigenvalue weighted by Gasteiger charge is 2.14. The van der Waals surface area contributed by atoms with E-state index in [2.05, 4.69) is 15.2 Å². The van der Waals surface area contributed by atoms with E-state index in [9.17, 15) is 4.79 Å². The Labute approximate surface area is 133 Å². The zero-order valence-corrected chi connectivity index (χ0v) is 13.3. The molecule has 3 rings (SSSR count). The van der Waals surface area contributed by atoms with Gasteiger partial charge in [-0.15, -0.1) is 11.3 Å². The number of morpholine rings is 1. The van der Waals surface area contributed by atoms with E-state index in [1.807, 2.05) is 19.1 Å². The number of ether oxygens (including phenoxy) is 1. The topological polar surface area (TPSA) is 67.6 Å². The number of hydrogen-bond acceptors (Lipinski definition) is 6. The van der Waals surface area contributed by atoms with Crippen LogP contribution in [0, 0.1) is 6.92 Å². The highest BCUT2D eigenvalue weighted by Crippen LogP contribution is 2.25. The van der Waals surface area contributed by atoms with Crippen LogP contribution in [-0.2, 0) is 4.74 Å². The number of carbonyl (C=O) groups excluding carboxylic acids is 1. The summed E-state index contributed by atoms with van der Waals surface area (Å²) in [5.74, 6) is 1.40. The lowest BCUT2D eigenvalue weighted by Crippen LogP contribution is -2.41. The van der Waals surface area contributed by atoms with Crippen molar-refractivity contribution >= 4 is 17.2 Å². The second kappa shape index (κ2) is 7.04. The highest BCUT2D eigenvalue weighted by molar-refractivity contribution is 7.13. The molecule has 0 radical (unpaired) electrons. The van der Waals surface area contributed by atoms with Gasteiger partial charge >= 0.3 is 0 Å². The summed E-state index contributed by atoms with van der Waals surface area (Å²) in [6, 6.07) is 3.76. The van der Waals surface area contributed by atoms with Crippen molar-refractivity contribution in [3.05, 3.63) is 29.0 Å². The second-order valence-electron chi connectivity index (χ2n) is 5.16. The lowest BCUT2D eigenvalue weighted by molar-refractivity contribution is 0.0383. The second-order valence-corrected chi connectivity index (χ2v) is 6.02. The predicted molar refractivity (Wildman–Crippen MR) is 84.1 cm³/mol. The van der Waals surface area contributed by atoms with Crippen LogP contribution in [0.4, 0.5) is 0 Å². The molecule has 0 aromatic carbocycles. The molecule has 0 bridgehead atoms. The van der Waals surface area contributed by atoms with E-state index in [1.54, 1.807) is 5.38 Å². The Balaban J connectivity index is 1.51. The summed E-state index contributed by atoms with van der Waals surface area (Å²) in [4.78, 5) is 18.7. The Hall–Kier alpha value is -1.70. The van der Waals surface area contributed by atoms with Gasteiger partial charge in [-0.3, -0.25) is 9.69 Å². The molecule has 1 saturated heterocycles. The van der Waals surface area contributed by atoms with Crippen LogP contribution in [0.1, 0.15) is 16.2 Å². The molecule has 2 aromatic heterocycles. The van der Waals surface area contributed by atoms with E-state index in [-0.39, 0.29) is 5.91 Å². The van der Waals surface area contributed by atoms with Gasteiger partial charge < -0.3 is 14.5 Å². The van der Waals surface area contributed by atoms with Gasteiger partial charge in [0.25, 0.3) is 5.91 Å². The van der Waals surface area contributed by atoms with Crippen molar-refractivity contribution in [2.24, 2.45) is 0 Å². The molecule has 6 nitrogen and oxygen atoms in total. The van der Waals surface area contributed by atoms with Gasteiger partial charge in [-0.25, -0.2) is 4.98 Å². The normalized spacial score (nSPS) is 15.9. The molecule has 0 atom stereocenters. The summed E-state index contributed by atoms with van der Waals surface area (Å²) in [6.45, 7) is 6.73. The van der Waals surface area contributed by atoms with Crippen LogP contribution < -0.4 is 5.32 Å². The summed E-state index contributed by atoms with van der Waals surface area (Å²) in [5, 5.41) is 5.40. The molecule has 1 fully saturated rings.